The van der Waals surface area contributed by atoms with E-state index in [1.807, 2.05) is 6.07 Å². The summed E-state index contributed by atoms with van der Waals surface area (Å²) in [5, 5.41) is 0.985. The first-order valence-electron chi connectivity index (χ1n) is 5.50. The summed E-state index contributed by atoms with van der Waals surface area (Å²) >= 11 is 6.73. The van der Waals surface area contributed by atoms with Crippen molar-refractivity contribution in [1.29, 1.82) is 0 Å². The van der Waals surface area contributed by atoms with Crippen molar-refractivity contribution in [3.63, 3.8) is 0 Å². The molecule has 0 amide bonds. The molecule has 3 nitrogen and oxygen atoms in total. The van der Waals surface area contributed by atoms with E-state index in [0.29, 0.717) is 27.7 Å². The highest BCUT2D eigenvalue weighted by atomic mass is 79.9. The van der Waals surface area contributed by atoms with Crippen molar-refractivity contribution >= 4 is 53.8 Å². The van der Waals surface area contributed by atoms with Crippen LogP contribution in [0.1, 0.15) is 0 Å². The zero-order valence-electron chi connectivity index (χ0n) is 9.87. The number of methoxy groups -OCH3 is 1. The molecule has 0 spiro atoms. The van der Waals surface area contributed by atoms with Gasteiger partial charge in [-0.2, -0.15) is 0 Å². The number of hydrogen-bond acceptors (Lipinski definition) is 3. The van der Waals surface area contributed by atoms with Crippen LogP contribution in [0.3, 0.4) is 0 Å². The van der Waals surface area contributed by atoms with Crippen LogP contribution in [-0.4, -0.2) is 7.11 Å². The lowest BCUT2D eigenvalue weighted by atomic mass is 10.1. The number of benzene rings is 2. The monoisotopic (exact) mass is 382 g/mol. The van der Waals surface area contributed by atoms with Crippen molar-refractivity contribution in [2.24, 2.45) is 0 Å². The van der Waals surface area contributed by atoms with E-state index in [4.69, 9.17) is 9.15 Å². The Labute approximate surface area is 125 Å². The first-order chi connectivity index (χ1) is 9.10. The fourth-order valence-corrected chi connectivity index (χ4v) is 2.82. The third-order valence-corrected chi connectivity index (χ3v) is 3.83. The van der Waals surface area contributed by atoms with Gasteiger partial charge in [0.2, 0.25) is 5.43 Å². The van der Waals surface area contributed by atoms with Gasteiger partial charge in [0.25, 0.3) is 0 Å². The lowest BCUT2D eigenvalue weighted by Gasteiger charge is -2.07. The minimum absolute atomic E-state index is 0.0955. The zero-order valence-corrected chi connectivity index (χ0v) is 13.0. The molecule has 0 saturated heterocycles. The third kappa shape index (κ3) is 2.07. The SMILES string of the molecule is COc1cc(Br)cc2oc3ccc(Br)cc3c(=O)c12. The molecule has 0 radical (unpaired) electrons. The lowest BCUT2D eigenvalue weighted by molar-refractivity contribution is 0.418. The van der Waals surface area contributed by atoms with E-state index >= 15 is 0 Å². The maximum Gasteiger partial charge on any atom is 0.204 e. The van der Waals surface area contributed by atoms with Gasteiger partial charge in [0.1, 0.15) is 22.3 Å². The standard InChI is InChI=1S/C14H8Br2O3/c1-18-11-5-8(16)6-12-13(11)14(17)9-4-7(15)2-3-10(9)19-12/h2-6H,1H3. The summed E-state index contributed by atoms with van der Waals surface area (Å²) in [5.74, 6) is 0.500. The van der Waals surface area contributed by atoms with Crippen LogP contribution >= 0.6 is 31.9 Å². The largest absolute Gasteiger partial charge is 0.496 e. The first-order valence-corrected chi connectivity index (χ1v) is 7.08. The van der Waals surface area contributed by atoms with Crippen molar-refractivity contribution in [1.82, 2.24) is 0 Å². The second kappa shape index (κ2) is 4.65. The van der Waals surface area contributed by atoms with E-state index in [2.05, 4.69) is 31.9 Å². The molecular formula is C14H8Br2O3. The zero-order chi connectivity index (χ0) is 13.6. The number of rotatable bonds is 1. The van der Waals surface area contributed by atoms with Gasteiger partial charge in [0.15, 0.2) is 0 Å². The molecule has 0 aliphatic carbocycles. The number of ether oxygens (including phenoxy) is 1. The molecular weight excluding hydrogens is 376 g/mol. The molecule has 0 atom stereocenters. The minimum Gasteiger partial charge on any atom is -0.496 e. The van der Waals surface area contributed by atoms with E-state index in [0.717, 1.165) is 8.95 Å². The summed E-state index contributed by atoms with van der Waals surface area (Å²) in [6.45, 7) is 0. The molecule has 3 rings (SSSR count). The fourth-order valence-electron chi connectivity index (χ4n) is 2.04. The number of hydrogen-bond donors (Lipinski definition) is 0. The van der Waals surface area contributed by atoms with Crippen LogP contribution in [0.5, 0.6) is 5.75 Å². The van der Waals surface area contributed by atoms with Gasteiger partial charge in [-0.25, -0.2) is 0 Å². The van der Waals surface area contributed by atoms with Gasteiger partial charge in [0, 0.05) is 8.95 Å². The maximum absolute atomic E-state index is 12.6. The molecule has 0 saturated carbocycles. The van der Waals surface area contributed by atoms with Crippen LogP contribution in [0.4, 0.5) is 0 Å². The number of fused-ring (bicyclic) bond motifs is 2. The summed E-state index contributed by atoms with van der Waals surface area (Å²) in [5.41, 5.74) is 0.966. The Morgan fingerprint density at radius 1 is 1.05 bits per heavy atom. The molecule has 0 aliphatic heterocycles. The molecule has 2 aromatic carbocycles. The van der Waals surface area contributed by atoms with Gasteiger partial charge < -0.3 is 9.15 Å². The summed E-state index contributed by atoms with van der Waals surface area (Å²) in [7, 11) is 1.53. The predicted molar refractivity (Wildman–Crippen MR) is 81.9 cm³/mol. The molecule has 3 aromatic rings. The van der Waals surface area contributed by atoms with Crippen LogP contribution in [0.15, 0.2) is 48.5 Å². The van der Waals surface area contributed by atoms with Gasteiger partial charge in [0.05, 0.1) is 12.5 Å². The summed E-state index contributed by atoms with van der Waals surface area (Å²) in [6.07, 6.45) is 0. The Bertz CT molecular complexity index is 853. The van der Waals surface area contributed by atoms with Gasteiger partial charge in [-0.3, -0.25) is 4.79 Å². The quantitative estimate of drug-likeness (QED) is 0.581. The van der Waals surface area contributed by atoms with Crippen LogP contribution in [0.2, 0.25) is 0 Å². The lowest BCUT2D eigenvalue weighted by Crippen LogP contribution is -2.04. The Morgan fingerprint density at radius 3 is 2.58 bits per heavy atom. The smallest absolute Gasteiger partial charge is 0.204 e. The van der Waals surface area contributed by atoms with Crippen molar-refractivity contribution < 1.29 is 9.15 Å². The van der Waals surface area contributed by atoms with Crippen LogP contribution in [-0.2, 0) is 0 Å². The molecule has 0 N–H and O–H groups in total. The van der Waals surface area contributed by atoms with E-state index in [1.54, 1.807) is 24.3 Å². The molecule has 19 heavy (non-hydrogen) atoms. The Hall–Kier alpha value is -1.33. The van der Waals surface area contributed by atoms with E-state index in [9.17, 15) is 4.79 Å². The van der Waals surface area contributed by atoms with Crippen molar-refractivity contribution in [2.75, 3.05) is 7.11 Å². The summed E-state index contributed by atoms with van der Waals surface area (Å²) in [4.78, 5) is 12.6. The maximum atomic E-state index is 12.6. The van der Waals surface area contributed by atoms with Gasteiger partial charge in [-0.05, 0) is 30.3 Å². The Morgan fingerprint density at radius 2 is 1.84 bits per heavy atom. The molecule has 0 fully saturated rings. The van der Waals surface area contributed by atoms with Crippen molar-refractivity contribution in [3.05, 3.63) is 49.5 Å². The highest BCUT2D eigenvalue weighted by Crippen LogP contribution is 2.30. The Kier molecular flexibility index (Phi) is 3.11. The average molecular weight is 384 g/mol. The second-order valence-corrected chi connectivity index (χ2v) is 5.88. The molecule has 1 heterocycles. The molecule has 1 aromatic heterocycles. The summed E-state index contributed by atoms with van der Waals surface area (Å²) < 4.78 is 12.7. The van der Waals surface area contributed by atoms with E-state index < -0.39 is 0 Å². The second-order valence-electron chi connectivity index (χ2n) is 4.05. The Balaban J connectivity index is 2.58. The number of halogens is 2. The van der Waals surface area contributed by atoms with Crippen molar-refractivity contribution in [3.8, 4) is 5.75 Å². The minimum atomic E-state index is -0.0955. The highest BCUT2D eigenvalue weighted by molar-refractivity contribution is 9.10. The summed E-state index contributed by atoms with van der Waals surface area (Å²) in [6, 6.07) is 8.88. The van der Waals surface area contributed by atoms with Crippen LogP contribution in [0.25, 0.3) is 21.9 Å². The fraction of sp³-hybridized carbons (Fsp3) is 0.0714. The predicted octanol–water partition coefficient (Wildman–Crippen LogP) is 4.48. The van der Waals surface area contributed by atoms with Gasteiger partial charge >= 0.3 is 0 Å². The van der Waals surface area contributed by atoms with Gasteiger partial charge in [-0.1, -0.05) is 31.9 Å². The topological polar surface area (TPSA) is 39.4 Å². The normalized spacial score (nSPS) is 11.1. The average Bonchev–Trinajstić information content (AvgIpc) is 2.38. The third-order valence-electron chi connectivity index (χ3n) is 2.88. The van der Waals surface area contributed by atoms with E-state index in [1.165, 1.54) is 7.11 Å². The van der Waals surface area contributed by atoms with Gasteiger partial charge in [-0.15, -0.1) is 0 Å². The first kappa shape index (κ1) is 12.7. The molecule has 5 heteroatoms. The molecule has 0 unspecified atom stereocenters. The van der Waals surface area contributed by atoms with E-state index in [-0.39, 0.29) is 5.43 Å². The highest BCUT2D eigenvalue weighted by Gasteiger charge is 2.13. The van der Waals surface area contributed by atoms with Crippen LogP contribution < -0.4 is 10.2 Å². The van der Waals surface area contributed by atoms with Crippen molar-refractivity contribution in [2.45, 2.75) is 0 Å². The molecule has 96 valence electrons. The molecule has 0 aliphatic rings. The van der Waals surface area contributed by atoms with Crippen LogP contribution in [0, 0.1) is 0 Å². The molecule has 0 bridgehead atoms.